The van der Waals surface area contributed by atoms with Crippen molar-refractivity contribution >= 4 is 20.9 Å². The predicted octanol–water partition coefficient (Wildman–Crippen LogP) is 2.55. The van der Waals surface area contributed by atoms with Gasteiger partial charge in [-0.3, -0.25) is 4.79 Å². The summed E-state index contributed by atoms with van der Waals surface area (Å²) in [7, 11) is -3.72. The monoisotopic (exact) mass is 299 g/mol. The molecule has 0 saturated carbocycles. The summed E-state index contributed by atoms with van der Waals surface area (Å²) in [4.78, 5) is 12.0. The third kappa shape index (κ3) is 2.25. The zero-order valence-corrected chi connectivity index (χ0v) is 12.2. The Morgan fingerprint density at radius 1 is 0.905 bits per heavy atom. The molecule has 0 amide bonds. The van der Waals surface area contributed by atoms with E-state index in [0.717, 1.165) is 9.54 Å². The van der Waals surface area contributed by atoms with Gasteiger partial charge in [0.1, 0.15) is 0 Å². The smallest absolute Gasteiger partial charge is 0.268 e. The van der Waals surface area contributed by atoms with E-state index < -0.39 is 10.0 Å². The number of fused-ring (bicyclic) bond motifs is 1. The predicted molar refractivity (Wildman–Crippen MR) is 82.0 cm³/mol. The second-order valence-corrected chi connectivity index (χ2v) is 6.63. The molecule has 1 heterocycles. The zero-order valence-electron chi connectivity index (χ0n) is 11.4. The Hall–Kier alpha value is -2.40. The molecule has 3 rings (SSSR count). The van der Waals surface area contributed by atoms with E-state index >= 15 is 0 Å². The van der Waals surface area contributed by atoms with Crippen molar-refractivity contribution in [1.82, 2.24) is 3.97 Å². The summed E-state index contributed by atoms with van der Waals surface area (Å²) < 4.78 is 26.6. The molecular formula is C16H13NO3S. The molecular weight excluding hydrogens is 286 g/mol. The highest BCUT2D eigenvalue weighted by Crippen LogP contribution is 2.19. The fraction of sp³-hybridized carbons (Fsp3) is 0.0625. The van der Waals surface area contributed by atoms with E-state index in [4.69, 9.17) is 0 Å². The topological polar surface area (TPSA) is 56.1 Å². The number of aromatic nitrogens is 1. The number of benzene rings is 2. The molecule has 0 atom stereocenters. The molecule has 4 nitrogen and oxygen atoms in total. The van der Waals surface area contributed by atoms with Crippen molar-refractivity contribution in [2.24, 2.45) is 0 Å². The molecule has 0 saturated heterocycles. The summed E-state index contributed by atoms with van der Waals surface area (Å²) >= 11 is 0. The minimum absolute atomic E-state index is 0.194. The molecule has 0 radical (unpaired) electrons. The lowest BCUT2D eigenvalue weighted by Gasteiger charge is -2.11. The van der Waals surface area contributed by atoms with Gasteiger partial charge in [-0.25, -0.2) is 12.4 Å². The van der Waals surface area contributed by atoms with Crippen LogP contribution in [0.3, 0.4) is 0 Å². The highest BCUT2D eigenvalue weighted by molar-refractivity contribution is 7.90. The first-order valence-electron chi connectivity index (χ1n) is 6.43. The summed E-state index contributed by atoms with van der Waals surface area (Å²) in [5.74, 6) is 0. The van der Waals surface area contributed by atoms with Crippen LogP contribution in [0.1, 0.15) is 5.56 Å². The molecule has 0 bridgehead atoms. The summed E-state index contributed by atoms with van der Waals surface area (Å²) in [5.41, 5.74) is 1.17. The molecule has 0 aliphatic carbocycles. The van der Waals surface area contributed by atoms with Gasteiger partial charge >= 0.3 is 0 Å². The highest BCUT2D eigenvalue weighted by atomic mass is 32.2. The maximum Gasteiger partial charge on any atom is 0.268 e. The molecule has 3 aromatic rings. The second-order valence-electron chi connectivity index (χ2n) is 4.81. The average molecular weight is 299 g/mol. The molecule has 21 heavy (non-hydrogen) atoms. The van der Waals surface area contributed by atoms with E-state index in [1.54, 1.807) is 48.5 Å². The van der Waals surface area contributed by atoms with Gasteiger partial charge in [-0.2, -0.15) is 0 Å². The maximum atomic E-state index is 12.7. The minimum Gasteiger partial charge on any atom is -0.289 e. The van der Waals surface area contributed by atoms with Crippen LogP contribution in [0.5, 0.6) is 0 Å². The quantitative estimate of drug-likeness (QED) is 0.730. The van der Waals surface area contributed by atoms with Gasteiger partial charge in [-0.05, 0) is 31.2 Å². The van der Waals surface area contributed by atoms with Crippen LogP contribution in [0, 0.1) is 6.92 Å². The van der Waals surface area contributed by atoms with E-state index in [-0.39, 0.29) is 10.3 Å². The number of nitrogens with zero attached hydrogens (tertiary/aromatic N) is 1. The molecule has 0 N–H and O–H groups in total. The summed E-state index contributed by atoms with van der Waals surface area (Å²) in [6, 6.07) is 14.6. The third-order valence-electron chi connectivity index (χ3n) is 3.35. The van der Waals surface area contributed by atoms with Crippen molar-refractivity contribution in [1.29, 1.82) is 0 Å². The lowest BCUT2D eigenvalue weighted by molar-refractivity contribution is 0.588. The van der Waals surface area contributed by atoms with Crippen LogP contribution in [0.25, 0.3) is 10.9 Å². The molecule has 0 aliphatic rings. The van der Waals surface area contributed by atoms with Crippen LogP contribution in [0.2, 0.25) is 0 Å². The molecule has 0 fully saturated rings. The molecule has 0 spiro atoms. The summed E-state index contributed by atoms with van der Waals surface area (Å²) in [6.07, 6.45) is 1.31. The van der Waals surface area contributed by atoms with Crippen molar-refractivity contribution in [3.05, 3.63) is 76.6 Å². The first kappa shape index (κ1) is 13.6. The maximum absolute atomic E-state index is 12.7. The Morgan fingerprint density at radius 2 is 1.57 bits per heavy atom. The Kier molecular flexibility index (Phi) is 3.14. The van der Waals surface area contributed by atoms with Gasteiger partial charge in [-0.1, -0.05) is 29.8 Å². The SMILES string of the molecule is Cc1ccc(S(=O)(=O)n2ccc(=O)c3ccccc32)cc1. The number of para-hydroxylation sites is 1. The largest absolute Gasteiger partial charge is 0.289 e. The van der Waals surface area contributed by atoms with Gasteiger partial charge in [0.15, 0.2) is 5.43 Å². The van der Waals surface area contributed by atoms with Gasteiger partial charge in [-0.15, -0.1) is 0 Å². The van der Waals surface area contributed by atoms with E-state index in [1.807, 2.05) is 6.92 Å². The number of rotatable bonds is 2. The number of hydrogen-bond acceptors (Lipinski definition) is 3. The third-order valence-corrected chi connectivity index (χ3v) is 5.05. The number of pyridine rings is 1. The standard InChI is InChI=1S/C16H13NO3S/c1-12-6-8-13(9-7-12)21(19,20)17-11-10-16(18)14-4-2-3-5-15(14)17/h2-11H,1H3. The van der Waals surface area contributed by atoms with Gasteiger partial charge in [0.2, 0.25) is 0 Å². The van der Waals surface area contributed by atoms with Crippen LogP contribution >= 0.6 is 0 Å². The van der Waals surface area contributed by atoms with Gasteiger partial charge in [0.05, 0.1) is 10.4 Å². The molecule has 5 heteroatoms. The Labute approximate surface area is 122 Å². The number of hydrogen-bond donors (Lipinski definition) is 0. The fourth-order valence-corrected chi connectivity index (χ4v) is 3.56. The first-order chi connectivity index (χ1) is 10.00. The Bertz CT molecular complexity index is 970. The Balaban J connectivity index is 2.32. The van der Waals surface area contributed by atoms with Crippen LogP contribution in [-0.2, 0) is 10.0 Å². The molecule has 2 aromatic carbocycles. The molecule has 106 valence electrons. The van der Waals surface area contributed by atoms with Gasteiger partial charge in [0, 0.05) is 17.6 Å². The Morgan fingerprint density at radius 3 is 2.29 bits per heavy atom. The lowest BCUT2D eigenvalue weighted by Crippen LogP contribution is -2.16. The van der Waals surface area contributed by atoms with Crippen molar-refractivity contribution in [2.45, 2.75) is 11.8 Å². The van der Waals surface area contributed by atoms with Crippen molar-refractivity contribution in [3.63, 3.8) is 0 Å². The zero-order chi connectivity index (χ0) is 15.0. The molecule has 1 aromatic heterocycles. The van der Waals surface area contributed by atoms with Crippen molar-refractivity contribution < 1.29 is 8.42 Å². The van der Waals surface area contributed by atoms with E-state index in [1.165, 1.54) is 12.3 Å². The van der Waals surface area contributed by atoms with Crippen LogP contribution in [0.4, 0.5) is 0 Å². The average Bonchev–Trinajstić information content (AvgIpc) is 2.48. The molecule has 0 unspecified atom stereocenters. The van der Waals surface area contributed by atoms with E-state index in [2.05, 4.69) is 0 Å². The van der Waals surface area contributed by atoms with Crippen LogP contribution < -0.4 is 5.43 Å². The van der Waals surface area contributed by atoms with E-state index in [0.29, 0.717) is 10.9 Å². The normalized spacial score (nSPS) is 11.7. The number of aryl methyl sites for hydroxylation is 1. The van der Waals surface area contributed by atoms with Gasteiger partial charge in [0.25, 0.3) is 10.0 Å². The summed E-state index contributed by atoms with van der Waals surface area (Å²) in [6.45, 7) is 1.89. The first-order valence-corrected chi connectivity index (χ1v) is 7.87. The minimum atomic E-state index is -3.72. The highest BCUT2D eigenvalue weighted by Gasteiger charge is 2.18. The summed E-state index contributed by atoms with van der Waals surface area (Å²) in [5, 5.41) is 0.385. The van der Waals surface area contributed by atoms with E-state index in [9.17, 15) is 13.2 Å². The molecule has 0 aliphatic heterocycles. The second kappa shape index (κ2) is 4.86. The van der Waals surface area contributed by atoms with Crippen LogP contribution in [0.15, 0.2) is 70.5 Å². The van der Waals surface area contributed by atoms with Crippen molar-refractivity contribution in [3.8, 4) is 0 Å². The van der Waals surface area contributed by atoms with Crippen LogP contribution in [-0.4, -0.2) is 12.4 Å². The van der Waals surface area contributed by atoms with Crippen molar-refractivity contribution in [2.75, 3.05) is 0 Å². The lowest BCUT2D eigenvalue weighted by atomic mass is 10.2. The fourth-order valence-electron chi connectivity index (χ4n) is 2.21. The van der Waals surface area contributed by atoms with Gasteiger partial charge < -0.3 is 0 Å².